The van der Waals surface area contributed by atoms with Gasteiger partial charge >= 0.3 is 5.97 Å². The summed E-state index contributed by atoms with van der Waals surface area (Å²) in [6.45, 7) is 4.67. The van der Waals surface area contributed by atoms with Gasteiger partial charge in [0.1, 0.15) is 11.5 Å². The van der Waals surface area contributed by atoms with Crippen LogP contribution in [0.15, 0.2) is 71.2 Å². The monoisotopic (exact) mass is 529 g/mol. The molecular weight excluding hydrogens is 506 g/mol. The van der Waals surface area contributed by atoms with Gasteiger partial charge in [0.2, 0.25) is 0 Å². The van der Waals surface area contributed by atoms with Gasteiger partial charge in [-0.05, 0) is 94.5 Å². The molecule has 7 heteroatoms. The summed E-state index contributed by atoms with van der Waals surface area (Å²) in [5.74, 6) is 0.958. The van der Waals surface area contributed by atoms with E-state index in [4.69, 9.17) is 21.1 Å². The van der Waals surface area contributed by atoms with Crippen molar-refractivity contribution in [2.45, 2.75) is 32.6 Å². The van der Waals surface area contributed by atoms with E-state index >= 15 is 0 Å². The summed E-state index contributed by atoms with van der Waals surface area (Å²) in [7, 11) is 0. The van der Waals surface area contributed by atoms with Crippen molar-refractivity contribution < 1.29 is 19.1 Å². The van der Waals surface area contributed by atoms with Crippen molar-refractivity contribution in [1.82, 2.24) is 0 Å². The molecule has 0 aliphatic heterocycles. The van der Waals surface area contributed by atoms with E-state index in [1.54, 1.807) is 48.5 Å². The molecule has 0 saturated heterocycles. The number of rotatable bonds is 9. The van der Waals surface area contributed by atoms with Gasteiger partial charge in [-0.3, -0.25) is 9.59 Å². The van der Waals surface area contributed by atoms with Crippen molar-refractivity contribution in [3.63, 3.8) is 0 Å². The van der Waals surface area contributed by atoms with Crippen LogP contribution in [0, 0.1) is 0 Å². The van der Waals surface area contributed by atoms with Crippen LogP contribution in [0.1, 0.15) is 48.5 Å². The van der Waals surface area contributed by atoms with E-state index in [9.17, 15) is 9.59 Å². The molecular formula is C26H25BrClNO4. The molecule has 0 aliphatic rings. The highest BCUT2D eigenvalue weighted by molar-refractivity contribution is 9.10. The number of carbonyl (C=O) groups excluding carboxylic acids is 2. The zero-order valence-electron chi connectivity index (χ0n) is 18.4. The average molecular weight is 531 g/mol. The van der Waals surface area contributed by atoms with E-state index in [-0.39, 0.29) is 18.3 Å². The van der Waals surface area contributed by atoms with Crippen molar-refractivity contribution in [3.8, 4) is 11.5 Å². The molecule has 3 aromatic carbocycles. The van der Waals surface area contributed by atoms with Gasteiger partial charge in [0, 0.05) is 22.7 Å². The topological polar surface area (TPSA) is 64.6 Å². The number of hydrogen-bond acceptors (Lipinski definition) is 4. The lowest BCUT2D eigenvalue weighted by atomic mass is 10.0. The van der Waals surface area contributed by atoms with Gasteiger partial charge in [0.25, 0.3) is 5.91 Å². The Labute approximate surface area is 207 Å². The summed E-state index contributed by atoms with van der Waals surface area (Å²) in [4.78, 5) is 24.5. The molecule has 0 spiro atoms. The summed E-state index contributed by atoms with van der Waals surface area (Å²) >= 11 is 9.38. The standard InChI is InChI=1S/C26H25BrClNO4/c1-17(2)19-7-14-24(23(27)16-19)32-15-3-4-25(30)33-22-12-5-18(6-13-22)26(31)29-21-10-8-20(28)9-11-21/h5-14,16-17H,3-4,15H2,1-2H3,(H,29,31). The minimum atomic E-state index is -0.355. The molecule has 3 aromatic rings. The SMILES string of the molecule is CC(C)c1ccc(OCCCC(=O)Oc2ccc(C(=O)Nc3ccc(Cl)cc3)cc2)c(Br)c1. The smallest absolute Gasteiger partial charge is 0.311 e. The number of benzene rings is 3. The zero-order chi connectivity index (χ0) is 23.8. The average Bonchev–Trinajstić information content (AvgIpc) is 2.79. The van der Waals surface area contributed by atoms with Gasteiger partial charge in [-0.25, -0.2) is 0 Å². The van der Waals surface area contributed by atoms with Crippen LogP contribution in [0.25, 0.3) is 0 Å². The lowest BCUT2D eigenvalue weighted by Crippen LogP contribution is -2.12. The van der Waals surface area contributed by atoms with Gasteiger partial charge in [-0.15, -0.1) is 0 Å². The lowest BCUT2D eigenvalue weighted by molar-refractivity contribution is -0.134. The van der Waals surface area contributed by atoms with Gasteiger partial charge < -0.3 is 14.8 Å². The quantitative estimate of drug-likeness (QED) is 0.180. The molecule has 33 heavy (non-hydrogen) atoms. The Kier molecular flexibility index (Phi) is 8.92. The number of hydrogen-bond donors (Lipinski definition) is 1. The molecule has 0 aromatic heterocycles. The molecule has 172 valence electrons. The zero-order valence-corrected chi connectivity index (χ0v) is 20.8. The van der Waals surface area contributed by atoms with Crippen molar-refractivity contribution >= 4 is 45.1 Å². The third kappa shape index (κ3) is 7.62. The van der Waals surface area contributed by atoms with E-state index in [1.807, 2.05) is 18.2 Å². The Morgan fingerprint density at radius 2 is 1.70 bits per heavy atom. The minimum absolute atomic E-state index is 0.223. The second kappa shape index (κ2) is 11.9. The molecule has 0 saturated carbocycles. The molecule has 1 N–H and O–H groups in total. The number of carbonyl (C=O) groups is 2. The summed E-state index contributed by atoms with van der Waals surface area (Å²) < 4.78 is 12.0. The summed E-state index contributed by atoms with van der Waals surface area (Å²) in [5.41, 5.74) is 2.32. The number of esters is 1. The van der Waals surface area contributed by atoms with Crippen LogP contribution in [0.5, 0.6) is 11.5 Å². The highest BCUT2D eigenvalue weighted by atomic mass is 79.9. The van der Waals surface area contributed by atoms with E-state index in [2.05, 4.69) is 35.1 Å². The molecule has 0 unspecified atom stereocenters. The second-order valence-corrected chi connectivity index (χ2v) is 9.05. The van der Waals surface area contributed by atoms with Crippen molar-refractivity contribution in [1.29, 1.82) is 0 Å². The first-order chi connectivity index (χ1) is 15.8. The molecule has 0 aliphatic carbocycles. The maximum atomic E-state index is 12.3. The van der Waals surface area contributed by atoms with E-state index < -0.39 is 0 Å². The Bertz CT molecular complexity index is 1100. The molecule has 3 rings (SSSR count). The Morgan fingerprint density at radius 1 is 1.00 bits per heavy atom. The van der Waals surface area contributed by atoms with Crippen LogP contribution in [0.2, 0.25) is 5.02 Å². The summed E-state index contributed by atoms with van der Waals surface area (Å²) in [6.07, 6.45) is 0.749. The summed E-state index contributed by atoms with van der Waals surface area (Å²) in [5, 5.41) is 3.38. The lowest BCUT2D eigenvalue weighted by Gasteiger charge is -2.11. The number of anilines is 1. The third-order valence-electron chi connectivity index (χ3n) is 4.86. The first-order valence-electron chi connectivity index (χ1n) is 10.6. The van der Waals surface area contributed by atoms with Crippen LogP contribution < -0.4 is 14.8 Å². The maximum Gasteiger partial charge on any atom is 0.311 e. The molecule has 0 bridgehead atoms. The van der Waals surface area contributed by atoms with E-state index in [1.165, 1.54) is 5.56 Å². The molecule has 0 radical (unpaired) electrons. The van der Waals surface area contributed by atoms with Crippen LogP contribution in [-0.4, -0.2) is 18.5 Å². The predicted octanol–water partition coefficient (Wildman–Crippen LogP) is 7.24. The van der Waals surface area contributed by atoms with Crippen molar-refractivity contribution in [2.24, 2.45) is 0 Å². The number of nitrogens with one attached hydrogen (secondary N) is 1. The number of amides is 1. The Hall–Kier alpha value is -2.83. The van der Waals surface area contributed by atoms with Gasteiger partial charge in [0.15, 0.2) is 0 Å². The predicted molar refractivity (Wildman–Crippen MR) is 134 cm³/mol. The number of halogens is 2. The fourth-order valence-corrected chi connectivity index (χ4v) is 3.62. The Morgan fingerprint density at radius 3 is 2.33 bits per heavy atom. The number of ether oxygens (including phenoxy) is 2. The maximum absolute atomic E-state index is 12.3. The fourth-order valence-electron chi connectivity index (χ4n) is 2.99. The van der Waals surface area contributed by atoms with Crippen molar-refractivity contribution in [2.75, 3.05) is 11.9 Å². The molecule has 1 amide bonds. The van der Waals surface area contributed by atoms with Gasteiger partial charge in [0.05, 0.1) is 11.1 Å². The molecule has 0 atom stereocenters. The first kappa shape index (κ1) is 24.8. The molecule has 0 heterocycles. The van der Waals surface area contributed by atoms with Crippen LogP contribution in [-0.2, 0) is 4.79 Å². The van der Waals surface area contributed by atoms with E-state index in [0.29, 0.717) is 41.0 Å². The van der Waals surface area contributed by atoms with Crippen LogP contribution >= 0.6 is 27.5 Å². The first-order valence-corrected chi connectivity index (χ1v) is 11.8. The highest BCUT2D eigenvalue weighted by Gasteiger charge is 2.10. The van der Waals surface area contributed by atoms with Crippen molar-refractivity contribution in [3.05, 3.63) is 87.4 Å². The summed E-state index contributed by atoms with van der Waals surface area (Å²) in [6, 6.07) is 19.3. The molecule has 0 fully saturated rings. The Balaban J connectivity index is 1.42. The highest BCUT2D eigenvalue weighted by Crippen LogP contribution is 2.29. The second-order valence-electron chi connectivity index (χ2n) is 7.76. The normalized spacial score (nSPS) is 10.7. The van der Waals surface area contributed by atoms with E-state index in [0.717, 1.165) is 10.2 Å². The van der Waals surface area contributed by atoms with Gasteiger partial charge in [-0.1, -0.05) is 31.5 Å². The van der Waals surface area contributed by atoms with Gasteiger partial charge in [-0.2, -0.15) is 0 Å². The van der Waals surface area contributed by atoms with Crippen LogP contribution in [0.3, 0.4) is 0 Å². The van der Waals surface area contributed by atoms with Crippen LogP contribution in [0.4, 0.5) is 5.69 Å². The molecule has 5 nitrogen and oxygen atoms in total. The largest absolute Gasteiger partial charge is 0.492 e. The fraction of sp³-hybridized carbons (Fsp3) is 0.231. The third-order valence-corrected chi connectivity index (χ3v) is 5.73. The minimum Gasteiger partial charge on any atom is -0.492 e.